The van der Waals surface area contributed by atoms with Crippen molar-refractivity contribution in [1.82, 2.24) is 0 Å². The van der Waals surface area contributed by atoms with Crippen LogP contribution >= 0.6 is 0 Å². The fourth-order valence-corrected chi connectivity index (χ4v) is 12.2. The van der Waals surface area contributed by atoms with Gasteiger partial charge in [0, 0.05) is 5.41 Å². The van der Waals surface area contributed by atoms with Gasteiger partial charge >= 0.3 is 5.97 Å². The number of hydrogen-bond acceptors (Lipinski definition) is 3. The summed E-state index contributed by atoms with van der Waals surface area (Å²) in [5.74, 6) is 3.34. The first kappa shape index (κ1) is 27.7. The highest BCUT2D eigenvalue weighted by atomic mass is 16.5. The van der Waals surface area contributed by atoms with E-state index in [2.05, 4.69) is 62.0 Å². The summed E-state index contributed by atoms with van der Waals surface area (Å²) in [7, 11) is 0. The minimum atomic E-state index is -1.43. The van der Waals surface area contributed by atoms with Gasteiger partial charge in [-0.05, 0) is 121 Å². The molecule has 5 fully saturated rings. The molecule has 0 aromatic carbocycles. The van der Waals surface area contributed by atoms with Gasteiger partial charge in [0.2, 0.25) is 0 Å². The fourth-order valence-electron chi connectivity index (χ4n) is 12.2. The third-order valence-electron chi connectivity index (χ3n) is 14.8. The average molecular weight is 513 g/mol. The van der Waals surface area contributed by atoms with Gasteiger partial charge in [0.1, 0.15) is 6.61 Å². The lowest BCUT2D eigenvalue weighted by Crippen LogP contribution is -2.73. The van der Waals surface area contributed by atoms with Crippen LogP contribution in [0.15, 0.2) is 12.7 Å². The van der Waals surface area contributed by atoms with E-state index in [1.54, 1.807) is 6.08 Å². The van der Waals surface area contributed by atoms with Crippen LogP contribution in [-0.4, -0.2) is 23.3 Å². The SMILES string of the molecule is C=CCOC(=O)C1(O)CCC(C)(C)[C@@H]2CC[C@]3(C)[C@H](CC[C@@H]4[C@@H]5[C@@H](C)[C@H](C)CC[C@]5(C)CC[C@]43C)[C@]21C. The number of rotatable bonds is 3. The smallest absolute Gasteiger partial charge is 0.339 e. The number of ether oxygens (including phenoxy) is 1. The molecule has 5 saturated carbocycles. The zero-order valence-corrected chi connectivity index (χ0v) is 25.3. The van der Waals surface area contributed by atoms with E-state index in [1.807, 2.05) is 0 Å². The topological polar surface area (TPSA) is 46.5 Å². The van der Waals surface area contributed by atoms with E-state index >= 15 is 0 Å². The maximum absolute atomic E-state index is 13.7. The maximum Gasteiger partial charge on any atom is 0.339 e. The third-order valence-corrected chi connectivity index (χ3v) is 14.8. The van der Waals surface area contributed by atoms with Crippen LogP contribution < -0.4 is 0 Å². The van der Waals surface area contributed by atoms with Crippen molar-refractivity contribution in [3.8, 4) is 0 Å². The van der Waals surface area contributed by atoms with Crippen LogP contribution in [0.2, 0.25) is 0 Å². The molecule has 37 heavy (non-hydrogen) atoms. The predicted octanol–water partition coefficient (Wildman–Crippen LogP) is 8.20. The molecule has 0 aromatic rings. The van der Waals surface area contributed by atoms with Crippen molar-refractivity contribution in [3.63, 3.8) is 0 Å². The summed E-state index contributed by atoms with van der Waals surface area (Å²) in [6, 6.07) is 0. The molecule has 0 saturated heterocycles. The molecule has 1 unspecified atom stereocenters. The maximum atomic E-state index is 13.7. The lowest BCUT2D eigenvalue weighted by Gasteiger charge is -2.75. The second-order valence-corrected chi connectivity index (χ2v) is 16.2. The Bertz CT molecular complexity index is 939. The van der Waals surface area contributed by atoms with Gasteiger partial charge in [-0.2, -0.15) is 0 Å². The Kier molecular flexibility index (Phi) is 6.43. The van der Waals surface area contributed by atoms with Crippen LogP contribution in [0, 0.1) is 62.6 Å². The molecular formula is C34H56O3. The van der Waals surface area contributed by atoms with Crippen molar-refractivity contribution in [3.05, 3.63) is 12.7 Å². The van der Waals surface area contributed by atoms with Crippen molar-refractivity contribution < 1.29 is 14.6 Å². The van der Waals surface area contributed by atoms with Crippen molar-refractivity contribution in [2.24, 2.45) is 62.6 Å². The van der Waals surface area contributed by atoms with Gasteiger partial charge in [-0.3, -0.25) is 0 Å². The molecule has 0 spiro atoms. The molecule has 5 aliphatic carbocycles. The van der Waals surface area contributed by atoms with Crippen LogP contribution in [0.25, 0.3) is 0 Å². The zero-order valence-electron chi connectivity index (χ0n) is 25.3. The molecule has 210 valence electrons. The lowest BCUT2D eigenvalue weighted by molar-refractivity contribution is -0.291. The Morgan fingerprint density at radius 3 is 2.24 bits per heavy atom. The molecular weight excluding hydrogens is 456 g/mol. The van der Waals surface area contributed by atoms with Crippen LogP contribution in [0.3, 0.4) is 0 Å². The highest BCUT2D eigenvalue weighted by Crippen LogP contribution is 2.78. The average Bonchev–Trinajstić information content (AvgIpc) is 2.83. The summed E-state index contributed by atoms with van der Waals surface area (Å²) in [5, 5.41) is 12.5. The second-order valence-electron chi connectivity index (χ2n) is 16.2. The van der Waals surface area contributed by atoms with Crippen molar-refractivity contribution in [2.75, 3.05) is 6.61 Å². The van der Waals surface area contributed by atoms with E-state index in [0.29, 0.717) is 23.7 Å². The van der Waals surface area contributed by atoms with Crippen LogP contribution in [-0.2, 0) is 9.53 Å². The molecule has 3 heteroatoms. The summed E-state index contributed by atoms with van der Waals surface area (Å²) >= 11 is 0. The van der Waals surface area contributed by atoms with Gasteiger partial charge in [0.25, 0.3) is 0 Å². The Labute approximate surface area is 227 Å². The number of carbonyl (C=O) groups excluding carboxylic acids is 1. The quantitative estimate of drug-likeness (QED) is 0.306. The second kappa shape index (κ2) is 8.58. The summed E-state index contributed by atoms with van der Waals surface area (Å²) in [5.41, 5.74) is -0.975. The molecule has 0 heterocycles. The van der Waals surface area contributed by atoms with Crippen molar-refractivity contribution in [2.45, 2.75) is 125 Å². The molecule has 5 rings (SSSR count). The molecule has 1 N–H and O–H groups in total. The largest absolute Gasteiger partial charge is 0.459 e. The Hall–Kier alpha value is -0.830. The van der Waals surface area contributed by atoms with Gasteiger partial charge in [-0.25, -0.2) is 4.79 Å². The van der Waals surface area contributed by atoms with Crippen molar-refractivity contribution in [1.29, 1.82) is 0 Å². The van der Waals surface area contributed by atoms with Gasteiger partial charge in [0.05, 0.1) is 0 Å². The molecule has 0 bridgehead atoms. The molecule has 5 aliphatic rings. The minimum Gasteiger partial charge on any atom is -0.459 e. The lowest BCUT2D eigenvalue weighted by atomic mass is 9.30. The first-order valence-corrected chi connectivity index (χ1v) is 15.6. The highest BCUT2D eigenvalue weighted by molar-refractivity contribution is 5.81. The van der Waals surface area contributed by atoms with Crippen molar-refractivity contribution >= 4 is 5.97 Å². The number of hydrogen-bond donors (Lipinski definition) is 1. The number of fused-ring (bicyclic) bond motifs is 7. The molecule has 11 atom stereocenters. The monoisotopic (exact) mass is 512 g/mol. The molecule has 0 aliphatic heterocycles. The number of carbonyl (C=O) groups is 1. The van der Waals surface area contributed by atoms with Gasteiger partial charge in [-0.1, -0.05) is 68.0 Å². The summed E-state index contributed by atoms with van der Waals surface area (Å²) in [4.78, 5) is 13.7. The molecule has 0 aromatic heterocycles. The molecule has 0 amide bonds. The van der Waals surface area contributed by atoms with Gasteiger partial charge < -0.3 is 9.84 Å². The zero-order chi connectivity index (χ0) is 27.2. The van der Waals surface area contributed by atoms with E-state index < -0.39 is 17.0 Å². The van der Waals surface area contributed by atoms with Crippen LogP contribution in [0.4, 0.5) is 0 Å². The van der Waals surface area contributed by atoms with E-state index in [9.17, 15) is 9.90 Å². The highest BCUT2D eigenvalue weighted by Gasteiger charge is 2.75. The summed E-state index contributed by atoms with van der Waals surface area (Å²) in [6.45, 7) is 23.9. The Balaban J connectivity index is 1.59. The first-order chi connectivity index (χ1) is 17.1. The van der Waals surface area contributed by atoms with Crippen LogP contribution in [0.5, 0.6) is 0 Å². The summed E-state index contributed by atoms with van der Waals surface area (Å²) < 4.78 is 5.66. The third kappa shape index (κ3) is 3.43. The van der Waals surface area contributed by atoms with Gasteiger partial charge in [0.15, 0.2) is 5.60 Å². The number of esters is 1. The standard InChI is InChI=1S/C34H56O3/c1-10-21-37-28(35)34(36)20-17-29(4,5)25-14-16-32(8)26(33(25,34)9)12-11-24-27-23(3)22(2)13-15-30(27,6)18-19-31(24,32)7/h10,22-27,36H,1,11-21H2,2-9H3/t22-,23+,24-,25+,26+,27+,30-,31-,32-,33+,34?/m1/s1. The van der Waals surface area contributed by atoms with E-state index in [0.717, 1.165) is 42.9 Å². The van der Waals surface area contributed by atoms with Crippen LogP contribution in [0.1, 0.15) is 120 Å². The van der Waals surface area contributed by atoms with E-state index in [-0.39, 0.29) is 22.9 Å². The molecule has 3 nitrogen and oxygen atoms in total. The molecule has 0 radical (unpaired) electrons. The summed E-state index contributed by atoms with van der Waals surface area (Å²) in [6.07, 6.45) is 13.1. The first-order valence-electron chi connectivity index (χ1n) is 15.6. The normalized spacial score (nSPS) is 54.6. The minimum absolute atomic E-state index is 0.108. The van der Waals surface area contributed by atoms with E-state index in [4.69, 9.17) is 4.74 Å². The Morgan fingerprint density at radius 2 is 1.57 bits per heavy atom. The van der Waals surface area contributed by atoms with E-state index in [1.165, 1.54) is 38.5 Å². The van der Waals surface area contributed by atoms with Gasteiger partial charge in [-0.15, -0.1) is 0 Å². The number of aliphatic hydroxyl groups is 1. The Morgan fingerprint density at radius 1 is 0.865 bits per heavy atom. The predicted molar refractivity (Wildman–Crippen MR) is 151 cm³/mol. The fraction of sp³-hybridized carbons (Fsp3) is 0.912.